The summed E-state index contributed by atoms with van der Waals surface area (Å²) in [5.74, 6) is 0.621. The summed E-state index contributed by atoms with van der Waals surface area (Å²) in [6.07, 6.45) is 12.4. The molecule has 0 unspecified atom stereocenters. The van der Waals surface area contributed by atoms with Gasteiger partial charge in [-0.05, 0) is 51.2 Å². The van der Waals surface area contributed by atoms with E-state index in [1.165, 1.54) is 0 Å². The van der Waals surface area contributed by atoms with Crippen molar-refractivity contribution in [3.63, 3.8) is 0 Å². The zero-order valence-electron chi connectivity index (χ0n) is 16.7. The highest BCUT2D eigenvalue weighted by Crippen LogP contribution is 2.16. The largest absolute Gasteiger partial charge is 0.478 e. The van der Waals surface area contributed by atoms with Gasteiger partial charge in [0, 0.05) is 24.1 Å². The van der Waals surface area contributed by atoms with Crippen molar-refractivity contribution in [3.8, 4) is 5.88 Å². The first-order valence-corrected chi connectivity index (χ1v) is 9.89. The first kappa shape index (κ1) is 21.4. The molecule has 4 heteroatoms. The number of carbonyl (C=O) groups is 1. The van der Waals surface area contributed by atoms with Crippen LogP contribution in [0.5, 0.6) is 5.88 Å². The van der Waals surface area contributed by atoms with E-state index in [1.807, 2.05) is 49.4 Å². The van der Waals surface area contributed by atoms with Crippen molar-refractivity contribution in [2.24, 2.45) is 0 Å². The molecule has 2 rings (SSSR count). The number of para-hydroxylation sites is 1. The molecule has 1 heterocycles. The normalized spacial score (nSPS) is 11.3. The van der Waals surface area contributed by atoms with Crippen LogP contribution in [0.15, 0.2) is 72.9 Å². The first-order valence-electron chi connectivity index (χ1n) is 9.89. The number of carbonyl (C=O) groups excluding carboxylic acids is 1. The Labute approximate surface area is 168 Å². The zero-order chi connectivity index (χ0) is 20.0. The van der Waals surface area contributed by atoms with Crippen LogP contribution in [0.4, 0.5) is 0 Å². The lowest BCUT2D eigenvalue weighted by atomic mass is 10.2. The molecule has 0 aliphatic rings. The highest BCUT2D eigenvalue weighted by molar-refractivity contribution is 5.87. The molecule has 0 bridgehead atoms. The molecule has 0 fully saturated rings. The van der Waals surface area contributed by atoms with E-state index in [-0.39, 0.29) is 5.91 Å². The highest BCUT2D eigenvalue weighted by Gasteiger charge is 1.98. The molecule has 2 aromatic rings. The Morgan fingerprint density at radius 1 is 1.14 bits per heavy atom. The Balaban J connectivity index is 1.51. The quantitative estimate of drug-likeness (QED) is 0.234. The Morgan fingerprint density at radius 2 is 2.00 bits per heavy atom. The number of amides is 1. The van der Waals surface area contributed by atoms with E-state index < -0.39 is 0 Å². The number of aromatic nitrogens is 1. The van der Waals surface area contributed by atoms with Gasteiger partial charge in [-0.2, -0.15) is 0 Å². The van der Waals surface area contributed by atoms with Crippen molar-refractivity contribution < 1.29 is 9.53 Å². The van der Waals surface area contributed by atoms with Gasteiger partial charge in [-0.15, -0.1) is 6.58 Å². The fraction of sp³-hybridized carbons (Fsp3) is 0.333. The molecule has 4 nitrogen and oxygen atoms in total. The van der Waals surface area contributed by atoms with Crippen molar-refractivity contribution >= 4 is 16.8 Å². The number of ether oxygens (including phenoxy) is 1. The second-order valence-electron chi connectivity index (χ2n) is 6.83. The summed E-state index contributed by atoms with van der Waals surface area (Å²) in [5.41, 5.74) is 2.03. The van der Waals surface area contributed by atoms with E-state index >= 15 is 0 Å². The van der Waals surface area contributed by atoms with Crippen molar-refractivity contribution in [2.45, 2.75) is 39.0 Å². The molecule has 28 heavy (non-hydrogen) atoms. The van der Waals surface area contributed by atoms with E-state index in [4.69, 9.17) is 4.74 Å². The van der Waals surface area contributed by atoms with E-state index in [0.29, 0.717) is 19.0 Å². The second kappa shape index (κ2) is 12.5. The Morgan fingerprint density at radius 3 is 2.86 bits per heavy atom. The summed E-state index contributed by atoms with van der Waals surface area (Å²) in [6, 6.07) is 12.0. The highest BCUT2D eigenvalue weighted by atomic mass is 16.5. The number of hydrogen-bond donors (Lipinski definition) is 1. The molecule has 1 N–H and O–H groups in total. The van der Waals surface area contributed by atoms with Gasteiger partial charge in [0.1, 0.15) is 0 Å². The smallest absolute Gasteiger partial charge is 0.243 e. The van der Waals surface area contributed by atoms with Crippen LogP contribution in [0, 0.1) is 0 Å². The molecule has 148 valence electrons. The fourth-order valence-electron chi connectivity index (χ4n) is 2.62. The molecule has 0 atom stereocenters. The molecule has 1 aromatic carbocycles. The summed E-state index contributed by atoms with van der Waals surface area (Å²) in [7, 11) is 0. The number of pyridine rings is 1. The van der Waals surface area contributed by atoms with Crippen LogP contribution in [0.3, 0.4) is 0 Å². The molecule has 0 saturated heterocycles. The third-order valence-electron chi connectivity index (χ3n) is 4.18. The summed E-state index contributed by atoms with van der Waals surface area (Å²) < 4.78 is 5.74. The lowest BCUT2D eigenvalue weighted by Gasteiger charge is -2.06. The summed E-state index contributed by atoms with van der Waals surface area (Å²) in [6.45, 7) is 7.08. The van der Waals surface area contributed by atoms with Gasteiger partial charge < -0.3 is 10.1 Å². The third kappa shape index (κ3) is 8.67. The second-order valence-corrected chi connectivity index (χ2v) is 6.83. The van der Waals surface area contributed by atoms with Crippen molar-refractivity contribution in [1.29, 1.82) is 0 Å². The van der Waals surface area contributed by atoms with Crippen LogP contribution in [0.1, 0.15) is 39.0 Å². The standard InChI is InChI=1S/C24H30N2O2/c1-20(2)17-18-25-23(27)14-8-6-4-3-5-7-11-19-28-24-16-15-21-12-9-10-13-22(21)26-24/h4,6,8-10,12-16H,1,3,5,7,11,17-19H2,2H3,(H,25,27)/b6-4+,14-8+. The number of nitrogens with one attached hydrogen (secondary N) is 1. The predicted molar refractivity (Wildman–Crippen MR) is 116 cm³/mol. The molecular weight excluding hydrogens is 348 g/mol. The average molecular weight is 379 g/mol. The molecule has 1 aromatic heterocycles. The molecule has 1 amide bonds. The topological polar surface area (TPSA) is 51.2 Å². The van der Waals surface area contributed by atoms with Crippen LogP contribution in [-0.2, 0) is 4.79 Å². The van der Waals surface area contributed by atoms with Crippen LogP contribution >= 0.6 is 0 Å². The fourth-order valence-corrected chi connectivity index (χ4v) is 2.62. The van der Waals surface area contributed by atoms with Gasteiger partial charge in [-0.3, -0.25) is 4.79 Å². The molecule has 0 saturated carbocycles. The lowest BCUT2D eigenvalue weighted by Crippen LogP contribution is -2.22. The van der Waals surface area contributed by atoms with Gasteiger partial charge in [0.05, 0.1) is 12.1 Å². The van der Waals surface area contributed by atoms with Crippen LogP contribution in [-0.4, -0.2) is 24.0 Å². The Hall–Kier alpha value is -2.88. The summed E-state index contributed by atoms with van der Waals surface area (Å²) in [4.78, 5) is 16.0. The molecule has 0 radical (unpaired) electrons. The SMILES string of the molecule is C=C(C)CCNC(=O)/C=C/C=C/CCCCCOc1ccc2ccccc2n1. The maximum absolute atomic E-state index is 11.5. The third-order valence-corrected chi connectivity index (χ3v) is 4.18. The Bertz CT molecular complexity index is 824. The summed E-state index contributed by atoms with van der Waals surface area (Å²) in [5, 5.41) is 3.95. The number of nitrogens with zero attached hydrogens (tertiary/aromatic N) is 1. The van der Waals surface area contributed by atoms with Crippen LogP contribution in [0.2, 0.25) is 0 Å². The van der Waals surface area contributed by atoms with Gasteiger partial charge in [0.15, 0.2) is 0 Å². The first-order chi connectivity index (χ1) is 13.6. The van der Waals surface area contributed by atoms with Gasteiger partial charge >= 0.3 is 0 Å². The maximum Gasteiger partial charge on any atom is 0.243 e. The van der Waals surface area contributed by atoms with Crippen molar-refractivity contribution in [1.82, 2.24) is 10.3 Å². The molecule has 0 spiro atoms. The number of hydrogen-bond acceptors (Lipinski definition) is 3. The monoisotopic (exact) mass is 378 g/mol. The van der Waals surface area contributed by atoms with E-state index in [0.717, 1.165) is 48.6 Å². The minimum Gasteiger partial charge on any atom is -0.478 e. The lowest BCUT2D eigenvalue weighted by molar-refractivity contribution is -0.116. The van der Waals surface area contributed by atoms with Crippen molar-refractivity contribution in [3.05, 3.63) is 72.9 Å². The number of rotatable bonds is 12. The predicted octanol–water partition coefficient (Wildman–Crippen LogP) is 5.37. The number of fused-ring (bicyclic) bond motifs is 1. The summed E-state index contributed by atoms with van der Waals surface area (Å²) >= 11 is 0. The average Bonchev–Trinajstić information content (AvgIpc) is 2.69. The van der Waals surface area contributed by atoms with E-state index in [2.05, 4.69) is 23.0 Å². The minimum absolute atomic E-state index is 0.0645. The molecular formula is C24H30N2O2. The number of allylic oxidation sites excluding steroid dienone is 3. The Kier molecular flexibility index (Phi) is 9.56. The number of unbranched alkanes of at least 4 members (excludes halogenated alkanes) is 3. The van der Waals surface area contributed by atoms with Gasteiger partial charge in [0.25, 0.3) is 0 Å². The minimum atomic E-state index is -0.0645. The van der Waals surface area contributed by atoms with E-state index in [9.17, 15) is 4.79 Å². The van der Waals surface area contributed by atoms with Crippen LogP contribution < -0.4 is 10.1 Å². The van der Waals surface area contributed by atoms with Gasteiger partial charge in [-0.1, -0.05) is 42.0 Å². The molecule has 0 aliphatic carbocycles. The van der Waals surface area contributed by atoms with Gasteiger partial charge in [0.2, 0.25) is 11.8 Å². The molecule has 0 aliphatic heterocycles. The van der Waals surface area contributed by atoms with E-state index in [1.54, 1.807) is 12.2 Å². The van der Waals surface area contributed by atoms with Gasteiger partial charge in [-0.25, -0.2) is 4.98 Å². The maximum atomic E-state index is 11.5. The number of benzene rings is 1. The van der Waals surface area contributed by atoms with Crippen molar-refractivity contribution in [2.75, 3.05) is 13.2 Å². The van der Waals surface area contributed by atoms with Crippen LogP contribution in [0.25, 0.3) is 10.9 Å². The zero-order valence-corrected chi connectivity index (χ0v) is 16.7.